The topological polar surface area (TPSA) is 68.3 Å². The van der Waals surface area contributed by atoms with Crippen molar-refractivity contribution in [3.05, 3.63) is 18.0 Å². The lowest BCUT2D eigenvalue weighted by atomic mass is 10.3. The lowest BCUT2D eigenvalue weighted by molar-refractivity contribution is 0.0655. The molecule has 0 fully saturated rings. The van der Waals surface area contributed by atoms with Crippen LogP contribution in [-0.4, -0.2) is 20.8 Å². The third kappa shape index (κ3) is 0.730. The monoisotopic (exact) mass is 166 g/mol. The maximum Gasteiger partial charge on any atom is 0.375 e. The first-order chi connectivity index (χ1) is 5.70. The molecule has 1 N–H and O–H groups in total. The molecule has 0 aromatic carbocycles. The molecule has 2 heterocycles. The van der Waals surface area contributed by atoms with Gasteiger partial charge in [-0.05, 0) is 6.07 Å². The van der Waals surface area contributed by atoms with E-state index in [-0.39, 0.29) is 5.76 Å². The number of aromatic nitrogens is 2. The fourth-order valence-electron chi connectivity index (χ4n) is 1.10. The SMILES string of the molecule is Cn1ccc2c(C(=O)O)onc21. The van der Waals surface area contributed by atoms with E-state index < -0.39 is 5.97 Å². The molecule has 0 radical (unpaired) electrons. The summed E-state index contributed by atoms with van der Waals surface area (Å²) >= 11 is 0. The van der Waals surface area contributed by atoms with Gasteiger partial charge in [0.1, 0.15) is 0 Å². The number of fused-ring (bicyclic) bond motifs is 1. The Balaban J connectivity index is 2.79. The van der Waals surface area contributed by atoms with Gasteiger partial charge >= 0.3 is 5.97 Å². The van der Waals surface area contributed by atoms with Gasteiger partial charge in [-0.2, -0.15) is 0 Å². The first-order valence-corrected chi connectivity index (χ1v) is 3.34. The van der Waals surface area contributed by atoms with E-state index in [2.05, 4.69) is 9.68 Å². The smallest absolute Gasteiger partial charge is 0.375 e. The molecular weight excluding hydrogens is 160 g/mol. The normalized spacial score (nSPS) is 10.8. The van der Waals surface area contributed by atoms with Crippen LogP contribution in [0.5, 0.6) is 0 Å². The van der Waals surface area contributed by atoms with Crippen LogP contribution < -0.4 is 0 Å². The van der Waals surface area contributed by atoms with Crippen LogP contribution in [0.1, 0.15) is 10.6 Å². The van der Waals surface area contributed by atoms with Crippen molar-refractivity contribution in [1.29, 1.82) is 0 Å². The van der Waals surface area contributed by atoms with Crippen molar-refractivity contribution in [3.8, 4) is 0 Å². The van der Waals surface area contributed by atoms with Crippen molar-refractivity contribution in [2.75, 3.05) is 0 Å². The number of carbonyl (C=O) groups is 1. The molecule has 0 spiro atoms. The summed E-state index contributed by atoms with van der Waals surface area (Å²) in [5.41, 5.74) is 0.549. The van der Waals surface area contributed by atoms with E-state index in [0.717, 1.165) is 0 Å². The Morgan fingerprint density at radius 3 is 3.17 bits per heavy atom. The molecular formula is C7H6N2O3. The number of nitrogens with zero attached hydrogens (tertiary/aromatic N) is 2. The van der Waals surface area contributed by atoms with Crippen LogP contribution in [0.2, 0.25) is 0 Å². The summed E-state index contributed by atoms with van der Waals surface area (Å²) in [6, 6.07) is 1.66. The number of rotatable bonds is 1. The molecule has 0 aliphatic rings. The number of aryl methyl sites for hydroxylation is 1. The minimum atomic E-state index is -1.09. The van der Waals surface area contributed by atoms with Crippen molar-refractivity contribution in [2.24, 2.45) is 7.05 Å². The van der Waals surface area contributed by atoms with Crippen LogP contribution in [0.25, 0.3) is 11.0 Å². The second kappa shape index (κ2) is 2.10. The minimum absolute atomic E-state index is 0.106. The highest BCUT2D eigenvalue weighted by Gasteiger charge is 2.16. The standard InChI is InChI=1S/C7H6N2O3/c1-9-3-2-4-5(7(10)11)12-8-6(4)9/h2-3H,1H3,(H,10,11). The van der Waals surface area contributed by atoms with Crippen LogP contribution in [0.4, 0.5) is 0 Å². The van der Waals surface area contributed by atoms with E-state index >= 15 is 0 Å². The van der Waals surface area contributed by atoms with Crippen molar-refractivity contribution < 1.29 is 14.4 Å². The van der Waals surface area contributed by atoms with Crippen LogP contribution in [0.15, 0.2) is 16.8 Å². The molecule has 2 rings (SSSR count). The maximum atomic E-state index is 10.5. The van der Waals surface area contributed by atoms with E-state index in [4.69, 9.17) is 5.11 Å². The summed E-state index contributed by atoms with van der Waals surface area (Å²) in [5, 5.41) is 12.8. The molecule has 0 amide bonds. The first-order valence-electron chi connectivity index (χ1n) is 3.34. The predicted octanol–water partition coefficient (Wildman–Crippen LogP) is 0.865. The van der Waals surface area contributed by atoms with Gasteiger partial charge in [0, 0.05) is 13.2 Å². The van der Waals surface area contributed by atoms with Crippen molar-refractivity contribution in [2.45, 2.75) is 0 Å². The first kappa shape index (κ1) is 6.90. The Labute approximate surface area is 67.2 Å². The number of carboxylic acid groups (broad SMARTS) is 1. The van der Waals surface area contributed by atoms with E-state index in [1.54, 1.807) is 23.9 Å². The number of hydrogen-bond acceptors (Lipinski definition) is 3. The second-order valence-electron chi connectivity index (χ2n) is 2.48. The Kier molecular flexibility index (Phi) is 1.21. The van der Waals surface area contributed by atoms with E-state index in [1.807, 2.05) is 0 Å². The molecule has 0 aliphatic carbocycles. The lowest BCUT2D eigenvalue weighted by Crippen LogP contribution is -1.92. The van der Waals surface area contributed by atoms with Gasteiger partial charge in [0.2, 0.25) is 0 Å². The van der Waals surface area contributed by atoms with Gasteiger partial charge in [-0.1, -0.05) is 5.16 Å². The zero-order valence-electron chi connectivity index (χ0n) is 6.31. The predicted molar refractivity (Wildman–Crippen MR) is 39.9 cm³/mol. The summed E-state index contributed by atoms with van der Waals surface area (Å²) in [4.78, 5) is 10.5. The highest BCUT2D eigenvalue weighted by molar-refractivity contribution is 5.99. The van der Waals surface area contributed by atoms with Gasteiger partial charge in [0.15, 0.2) is 5.65 Å². The van der Waals surface area contributed by atoms with Crippen molar-refractivity contribution >= 4 is 17.0 Å². The Morgan fingerprint density at radius 1 is 1.75 bits per heavy atom. The number of carboxylic acids is 1. The molecule has 62 valence electrons. The average molecular weight is 166 g/mol. The van der Waals surface area contributed by atoms with Gasteiger partial charge in [0.05, 0.1) is 5.39 Å². The molecule has 5 heteroatoms. The van der Waals surface area contributed by atoms with Gasteiger partial charge in [-0.25, -0.2) is 4.79 Å². The van der Waals surface area contributed by atoms with Crippen molar-refractivity contribution in [3.63, 3.8) is 0 Å². The molecule has 0 aliphatic heterocycles. The maximum absolute atomic E-state index is 10.5. The summed E-state index contributed by atoms with van der Waals surface area (Å²) in [6.45, 7) is 0. The van der Waals surface area contributed by atoms with Gasteiger partial charge in [-0.15, -0.1) is 0 Å². The molecule has 12 heavy (non-hydrogen) atoms. The van der Waals surface area contributed by atoms with E-state index in [0.29, 0.717) is 11.0 Å². The molecule has 2 aromatic rings. The van der Waals surface area contributed by atoms with Crippen LogP contribution in [0, 0.1) is 0 Å². The molecule has 0 unspecified atom stereocenters. The van der Waals surface area contributed by atoms with Crippen LogP contribution >= 0.6 is 0 Å². The molecule has 0 saturated heterocycles. The van der Waals surface area contributed by atoms with Crippen LogP contribution in [-0.2, 0) is 7.05 Å². The molecule has 0 saturated carbocycles. The summed E-state index contributed by atoms with van der Waals surface area (Å²) in [6.07, 6.45) is 1.74. The zero-order valence-corrected chi connectivity index (χ0v) is 6.31. The second-order valence-corrected chi connectivity index (χ2v) is 2.48. The number of hydrogen-bond donors (Lipinski definition) is 1. The van der Waals surface area contributed by atoms with E-state index in [1.165, 1.54) is 0 Å². The molecule has 0 atom stereocenters. The summed E-state index contributed by atoms with van der Waals surface area (Å²) < 4.78 is 6.33. The Bertz CT molecular complexity index is 440. The Morgan fingerprint density at radius 2 is 2.50 bits per heavy atom. The third-order valence-electron chi connectivity index (χ3n) is 1.70. The molecule has 5 nitrogen and oxygen atoms in total. The average Bonchev–Trinajstić information content (AvgIpc) is 2.53. The minimum Gasteiger partial charge on any atom is -0.475 e. The van der Waals surface area contributed by atoms with E-state index in [9.17, 15) is 4.79 Å². The molecule has 0 bridgehead atoms. The lowest BCUT2D eigenvalue weighted by Gasteiger charge is -1.83. The summed E-state index contributed by atoms with van der Waals surface area (Å²) in [7, 11) is 1.77. The summed E-state index contributed by atoms with van der Waals surface area (Å²) in [5.74, 6) is -1.20. The fourth-order valence-corrected chi connectivity index (χ4v) is 1.10. The third-order valence-corrected chi connectivity index (χ3v) is 1.70. The fraction of sp³-hybridized carbons (Fsp3) is 0.143. The zero-order chi connectivity index (χ0) is 8.72. The van der Waals surface area contributed by atoms with Crippen molar-refractivity contribution in [1.82, 2.24) is 9.72 Å². The Hall–Kier alpha value is -1.78. The van der Waals surface area contributed by atoms with Gasteiger partial charge in [-0.3, -0.25) is 0 Å². The highest BCUT2D eigenvalue weighted by Crippen LogP contribution is 2.17. The molecule has 2 aromatic heterocycles. The highest BCUT2D eigenvalue weighted by atomic mass is 16.5. The van der Waals surface area contributed by atoms with Crippen LogP contribution in [0.3, 0.4) is 0 Å². The quantitative estimate of drug-likeness (QED) is 0.682. The van der Waals surface area contributed by atoms with Gasteiger partial charge in [0.25, 0.3) is 5.76 Å². The number of aromatic carboxylic acids is 1. The van der Waals surface area contributed by atoms with Gasteiger partial charge < -0.3 is 14.2 Å². The largest absolute Gasteiger partial charge is 0.475 e.